The van der Waals surface area contributed by atoms with Crippen LogP contribution in [0, 0.1) is 0 Å². The Labute approximate surface area is 84.3 Å². The summed E-state index contributed by atoms with van der Waals surface area (Å²) in [7, 11) is 0. The highest BCUT2D eigenvalue weighted by Crippen LogP contribution is 2.21. The van der Waals surface area contributed by atoms with Crippen molar-refractivity contribution < 1.29 is 4.52 Å². The van der Waals surface area contributed by atoms with Crippen LogP contribution in [0.3, 0.4) is 0 Å². The molecule has 6 nitrogen and oxygen atoms in total. The first kappa shape index (κ1) is 9.22. The molecule has 2 aromatic rings. The van der Waals surface area contributed by atoms with Crippen LogP contribution in [0.4, 0.5) is 0 Å². The SMILES string of the molecule is CCC(N)c1noc(-c2cnns2)n1. The molecule has 2 N–H and O–H groups in total. The summed E-state index contributed by atoms with van der Waals surface area (Å²) in [5.74, 6) is 0.954. The van der Waals surface area contributed by atoms with Gasteiger partial charge in [0.2, 0.25) is 0 Å². The van der Waals surface area contributed by atoms with E-state index >= 15 is 0 Å². The minimum atomic E-state index is -0.173. The van der Waals surface area contributed by atoms with Crippen LogP contribution in [0.1, 0.15) is 25.2 Å². The predicted octanol–water partition coefficient (Wildman–Crippen LogP) is 0.998. The van der Waals surface area contributed by atoms with Crippen LogP contribution in [0.25, 0.3) is 10.8 Å². The number of hydrogen-bond acceptors (Lipinski definition) is 7. The zero-order chi connectivity index (χ0) is 9.97. The van der Waals surface area contributed by atoms with Gasteiger partial charge in [0.1, 0.15) is 4.88 Å². The van der Waals surface area contributed by atoms with E-state index in [2.05, 4.69) is 19.7 Å². The maximum Gasteiger partial charge on any atom is 0.271 e. The van der Waals surface area contributed by atoms with Crippen molar-refractivity contribution in [3.05, 3.63) is 12.0 Å². The summed E-state index contributed by atoms with van der Waals surface area (Å²) < 4.78 is 8.73. The van der Waals surface area contributed by atoms with Crippen LogP contribution in [0.15, 0.2) is 10.7 Å². The lowest BCUT2D eigenvalue weighted by Gasteiger charge is -1.98. The van der Waals surface area contributed by atoms with Gasteiger partial charge in [0.15, 0.2) is 5.82 Å². The van der Waals surface area contributed by atoms with Crippen LogP contribution in [0.5, 0.6) is 0 Å². The molecule has 0 amide bonds. The van der Waals surface area contributed by atoms with Crippen LogP contribution < -0.4 is 5.73 Å². The van der Waals surface area contributed by atoms with Crippen molar-refractivity contribution in [2.45, 2.75) is 19.4 Å². The van der Waals surface area contributed by atoms with Gasteiger partial charge in [-0.25, -0.2) is 0 Å². The summed E-state index contributed by atoms with van der Waals surface area (Å²) in [5.41, 5.74) is 5.75. The van der Waals surface area contributed by atoms with Crippen LogP contribution >= 0.6 is 11.5 Å². The van der Waals surface area contributed by atoms with E-state index in [1.54, 1.807) is 6.20 Å². The van der Waals surface area contributed by atoms with Gasteiger partial charge in [-0.3, -0.25) is 0 Å². The van der Waals surface area contributed by atoms with Crippen molar-refractivity contribution in [3.8, 4) is 10.8 Å². The van der Waals surface area contributed by atoms with Gasteiger partial charge in [-0.1, -0.05) is 16.6 Å². The van der Waals surface area contributed by atoms with Gasteiger partial charge in [-0.15, -0.1) is 5.10 Å². The smallest absolute Gasteiger partial charge is 0.271 e. The molecule has 1 atom stereocenters. The topological polar surface area (TPSA) is 90.7 Å². The van der Waals surface area contributed by atoms with E-state index in [1.165, 1.54) is 11.5 Å². The van der Waals surface area contributed by atoms with Gasteiger partial charge in [0.25, 0.3) is 5.89 Å². The highest BCUT2D eigenvalue weighted by molar-refractivity contribution is 7.09. The first-order valence-corrected chi connectivity index (χ1v) is 4.95. The average molecular weight is 211 g/mol. The molecular formula is C7H9N5OS. The van der Waals surface area contributed by atoms with E-state index in [4.69, 9.17) is 10.3 Å². The molecule has 0 aliphatic rings. The van der Waals surface area contributed by atoms with E-state index in [1.807, 2.05) is 6.92 Å². The minimum Gasteiger partial charge on any atom is -0.333 e. The maximum atomic E-state index is 5.75. The first-order valence-electron chi connectivity index (χ1n) is 4.18. The van der Waals surface area contributed by atoms with Crippen molar-refractivity contribution >= 4 is 11.5 Å². The van der Waals surface area contributed by atoms with E-state index in [0.29, 0.717) is 11.7 Å². The molecule has 0 saturated heterocycles. The van der Waals surface area contributed by atoms with Crippen molar-refractivity contribution in [1.82, 2.24) is 19.7 Å². The quantitative estimate of drug-likeness (QED) is 0.814. The number of hydrogen-bond donors (Lipinski definition) is 1. The lowest BCUT2D eigenvalue weighted by Crippen LogP contribution is -2.10. The van der Waals surface area contributed by atoms with Gasteiger partial charge in [-0.2, -0.15) is 4.98 Å². The van der Waals surface area contributed by atoms with E-state index < -0.39 is 0 Å². The Balaban J connectivity index is 2.26. The van der Waals surface area contributed by atoms with Crippen molar-refractivity contribution in [1.29, 1.82) is 0 Å². The van der Waals surface area contributed by atoms with Crippen LogP contribution in [-0.2, 0) is 0 Å². The third-order valence-corrected chi connectivity index (χ3v) is 2.44. The normalized spacial score (nSPS) is 13.0. The van der Waals surface area contributed by atoms with E-state index in [9.17, 15) is 0 Å². The molecule has 2 aromatic heterocycles. The molecule has 0 aliphatic carbocycles. The van der Waals surface area contributed by atoms with Crippen LogP contribution in [0.2, 0.25) is 0 Å². The molecule has 2 heterocycles. The average Bonchev–Trinajstić information content (AvgIpc) is 2.86. The van der Waals surface area contributed by atoms with Crippen molar-refractivity contribution in [2.75, 3.05) is 0 Å². The fourth-order valence-electron chi connectivity index (χ4n) is 0.930. The highest BCUT2D eigenvalue weighted by Gasteiger charge is 2.14. The predicted molar refractivity (Wildman–Crippen MR) is 50.4 cm³/mol. The molecule has 0 fully saturated rings. The molecule has 74 valence electrons. The Hall–Kier alpha value is -1.34. The zero-order valence-electron chi connectivity index (χ0n) is 7.54. The van der Waals surface area contributed by atoms with Gasteiger partial charge in [0.05, 0.1) is 12.2 Å². The van der Waals surface area contributed by atoms with E-state index in [0.717, 1.165) is 11.3 Å². The summed E-state index contributed by atoms with van der Waals surface area (Å²) >= 11 is 1.21. The summed E-state index contributed by atoms with van der Waals surface area (Å²) in [6.45, 7) is 1.97. The Morgan fingerprint density at radius 3 is 3.14 bits per heavy atom. The molecule has 0 aromatic carbocycles. The second-order valence-corrected chi connectivity index (χ2v) is 3.54. The molecule has 1 unspecified atom stereocenters. The van der Waals surface area contributed by atoms with Gasteiger partial charge in [0, 0.05) is 0 Å². The van der Waals surface area contributed by atoms with Gasteiger partial charge in [-0.05, 0) is 18.0 Å². The van der Waals surface area contributed by atoms with Crippen molar-refractivity contribution in [3.63, 3.8) is 0 Å². The highest BCUT2D eigenvalue weighted by atomic mass is 32.1. The Bertz CT molecular complexity index is 398. The summed E-state index contributed by atoms with van der Waals surface area (Å²) in [6, 6.07) is -0.173. The molecular weight excluding hydrogens is 202 g/mol. The molecule has 0 spiro atoms. The third kappa shape index (κ3) is 1.64. The fourth-order valence-corrected chi connectivity index (χ4v) is 1.37. The molecule has 14 heavy (non-hydrogen) atoms. The van der Waals surface area contributed by atoms with Crippen molar-refractivity contribution in [2.24, 2.45) is 5.73 Å². The molecule has 7 heteroatoms. The van der Waals surface area contributed by atoms with Gasteiger partial charge >= 0.3 is 0 Å². The number of rotatable bonds is 3. The first-order chi connectivity index (χ1) is 6.81. The standard InChI is InChI=1S/C7H9N5OS/c1-2-4(8)6-10-7(13-11-6)5-3-9-12-14-5/h3-4H,2,8H2,1H3. The fraction of sp³-hybridized carbons (Fsp3) is 0.429. The van der Waals surface area contributed by atoms with Crippen LogP contribution in [-0.4, -0.2) is 19.7 Å². The maximum absolute atomic E-state index is 5.75. The molecule has 0 radical (unpaired) electrons. The number of aromatic nitrogens is 4. The second kappa shape index (κ2) is 3.81. The lowest BCUT2D eigenvalue weighted by molar-refractivity contribution is 0.415. The summed E-state index contributed by atoms with van der Waals surface area (Å²) in [5, 5.41) is 7.47. The third-order valence-electron chi connectivity index (χ3n) is 1.79. The number of nitrogens with zero attached hydrogens (tertiary/aromatic N) is 4. The number of nitrogens with two attached hydrogens (primary N) is 1. The van der Waals surface area contributed by atoms with Gasteiger partial charge < -0.3 is 10.3 Å². The summed E-state index contributed by atoms with van der Waals surface area (Å²) in [4.78, 5) is 4.91. The Morgan fingerprint density at radius 1 is 1.64 bits per heavy atom. The Kier molecular flexibility index (Phi) is 2.51. The zero-order valence-corrected chi connectivity index (χ0v) is 8.36. The van der Waals surface area contributed by atoms with E-state index in [-0.39, 0.29) is 6.04 Å². The minimum absolute atomic E-state index is 0.173. The lowest BCUT2D eigenvalue weighted by atomic mass is 10.2. The monoisotopic (exact) mass is 211 g/mol. The Morgan fingerprint density at radius 2 is 2.50 bits per heavy atom. The molecule has 0 aliphatic heterocycles. The molecule has 0 saturated carbocycles. The largest absolute Gasteiger partial charge is 0.333 e. The molecule has 2 rings (SSSR count). The summed E-state index contributed by atoms with van der Waals surface area (Å²) in [6.07, 6.45) is 2.36. The second-order valence-electron chi connectivity index (χ2n) is 2.75. The molecule has 0 bridgehead atoms.